The number of methoxy groups -OCH3 is 1. The minimum absolute atomic E-state index is 0.253. The molecule has 1 aliphatic heterocycles. The number of ether oxygens (including phenoxy) is 1. The van der Waals surface area contributed by atoms with E-state index in [4.69, 9.17) is 9.84 Å². The molecule has 0 saturated carbocycles. The summed E-state index contributed by atoms with van der Waals surface area (Å²) in [5.41, 5.74) is 3.37. The van der Waals surface area contributed by atoms with Gasteiger partial charge < -0.3 is 10.1 Å². The standard InChI is InChI=1S/C21H21F2N3O/c1-27-16-8-5-14(6-9-16)12-19-17-4-2-3-11-24-21(17)26(25-19)20-10-7-15(22)13-18(20)23/h5-10,13,24H,2-4,11-12H2,1H3. The molecule has 2 heterocycles. The van der Waals surface area contributed by atoms with Crippen LogP contribution in [0.3, 0.4) is 0 Å². The highest BCUT2D eigenvalue weighted by molar-refractivity contribution is 5.55. The second kappa shape index (κ2) is 7.39. The summed E-state index contributed by atoms with van der Waals surface area (Å²) in [4.78, 5) is 0. The fourth-order valence-corrected chi connectivity index (χ4v) is 3.48. The summed E-state index contributed by atoms with van der Waals surface area (Å²) in [5, 5.41) is 8.07. The van der Waals surface area contributed by atoms with Crippen LogP contribution in [0.15, 0.2) is 42.5 Å². The molecule has 1 aliphatic rings. The van der Waals surface area contributed by atoms with Gasteiger partial charge in [-0.3, -0.25) is 0 Å². The molecule has 2 aromatic carbocycles. The van der Waals surface area contributed by atoms with Gasteiger partial charge in [0.25, 0.3) is 0 Å². The predicted molar refractivity (Wildman–Crippen MR) is 101 cm³/mol. The highest BCUT2D eigenvalue weighted by Crippen LogP contribution is 2.30. The van der Waals surface area contributed by atoms with Crippen molar-refractivity contribution in [1.29, 1.82) is 0 Å². The lowest BCUT2D eigenvalue weighted by Crippen LogP contribution is -2.08. The predicted octanol–water partition coefficient (Wildman–Crippen LogP) is 4.50. The summed E-state index contributed by atoms with van der Waals surface area (Å²) in [6.45, 7) is 0.809. The number of hydrogen-bond donors (Lipinski definition) is 1. The van der Waals surface area contributed by atoms with Crippen molar-refractivity contribution in [2.75, 3.05) is 19.0 Å². The lowest BCUT2D eigenvalue weighted by atomic mass is 10.0. The Labute approximate surface area is 156 Å². The highest BCUT2D eigenvalue weighted by Gasteiger charge is 2.22. The minimum atomic E-state index is -0.623. The maximum atomic E-state index is 14.4. The number of aromatic nitrogens is 2. The first kappa shape index (κ1) is 17.5. The van der Waals surface area contributed by atoms with Crippen molar-refractivity contribution in [3.8, 4) is 11.4 Å². The Balaban J connectivity index is 1.76. The van der Waals surface area contributed by atoms with Gasteiger partial charge in [-0.2, -0.15) is 5.10 Å². The molecule has 0 radical (unpaired) electrons. The van der Waals surface area contributed by atoms with E-state index in [1.807, 2.05) is 24.3 Å². The third-order valence-corrected chi connectivity index (χ3v) is 4.88. The molecule has 0 atom stereocenters. The Kier molecular flexibility index (Phi) is 4.79. The van der Waals surface area contributed by atoms with Crippen LogP contribution in [0.2, 0.25) is 0 Å². The van der Waals surface area contributed by atoms with E-state index in [0.29, 0.717) is 6.42 Å². The molecule has 4 nitrogen and oxygen atoms in total. The van der Waals surface area contributed by atoms with Crippen LogP contribution in [-0.2, 0) is 12.8 Å². The fourth-order valence-electron chi connectivity index (χ4n) is 3.48. The van der Waals surface area contributed by atoms with Gasteiger partial charge in [-0.25, -0.2) is 13.5 Å². The monoisotopic (exact) mass is 369 g/mol. The lowest BCUT2D eigenvalue weighted by molar-refractivity contribution is 0.414. The second-order valence-electron chi connectivity index (χ2n) is 6.69. The number of nitrogens with zero attached hydrogens (tertiary/aromatic N) is 2. The first-order valence-electron chi connectivity index (χ1n) is 9.08. The zero-order valence-electron chi connectivity index (χ0n) is 15.1. The maximum absolute atomic E-state index is 14.4. The van der Waals surface area contributed by atoms with Crippen LogP contribution in [0.25, 0.3) is 5.69 Å². The molecule has 0 spiro atoms. The van der Waals surface area contributed by atoms with E-state index in [0.717, 1.165) is 60.3 Å². The number of benzene rings is 2. The summed E-state index contributed by atoms with van der Waals surface area (Å²) in [6, 6.07) is 11.4. The van der Waals surface area contributed by atoms with Crippen molar-refractivity contribution in [3.05, 3.63) is 70.9 Å². The quantitative estimate of drug-likeness (QED) is 0.736. The van der Waals surface area contributed by atoms with E-state index in [9.17, 15) is 8.78 Å². The topological polar surface area (TPSA) is 39.1 Å². The van der Waals surface area contributed by atoms with Gasteiger partial charge >= 0.3 is 0 Å². The molecule has 1 aromatic heterocycles. The van der Waals surface area contributed by atoms with Crippen LogP contribution in [0.4, 0.5) is 14.6 Å². The molecule has 0 aliphatic carbocycles. The Bertz CT molecular complexity index is 951. The van der Waals surface area contributed by atoms with Crippen LogP contribution in [0.5, 0.6) is 5.75 Å². The summed E-state index contributed by atoms with van der Waals surface area (Å²) in [7, 11) is 1.64. The van der Waals surface area contributed by atoms with Gasteiger partial charge in [0.05, 0.1) is 12.8 Å². The van der Waals surface area contributed by atoms with Crippen LogP contribution < -0.4 is 10.1 Å². The number of fused-ring (bicyclic) bond motifs is 1. The zero-order valence-corrected chi connectivity index (χ0v) is 15.1. The SMILES string of the molecule is COc1ccc(Cc2nn(-c3ccc(F)cc3F)c3c2CCCCN3)cc1. The molecular formula is C21H21F2N3O. The van der Waals surface area contributed by atoms with Gasteiger partial charge in [-0.15, -0.1) is 0 Å². The Morgan fingerprint density at radius 1 is 1.11 bits per heavy atom. The summed E-state index contributed by atoms with van der Waals surface area (Å²) in [5.74, 6) is 0.392. The van der Waals surface area contributed by atoms with E-state index in [1.165, 1.54) is 12.1 Å². The molecule has 6 heteroatoms. The molecular weight excluding hydrogens is 348 g/mol. The zero-order chi connectivity index (χ0) is 18.8. The van der Waals surface area contributed by atoms with Gasteiger partial charge in [0.2, 0.25) is 0 Å². The van der Waals surface area contributed by atoms with Crippen LogP contribution in [-0.4, -0.2) is 23.4 Å². The molecule has 4 rings (SSSR count). The van der Waals surface area contributed by atoms with E-state index >= 15 is 0 Å². The third kappa shape index (κ3) is 3.52. The number of rotatable bonds is 4. The molecule has 0 amide bonds. The molecule has 1 N–H and O–H groups in total. The molecule has 0 fully saturated rings. The third-order valence-electron chi connectivity index (χ3n) is 4.88. The van der Waals surface area contributed by atoms with E-state index in [2.05, 4.69) is 5.32 Å². The molecule has 0 unspecified atom stereocenters. The number of halogens is 2. The van der Waals surface area contributed by atoms with Crippen molar-refractivity contribution < 1.29 is 13.5 Å². The number of anilines is 1. The van der Waals surface area contributed by atoms with Crippen molar-refractivity contribution in [2.45, 2.75) is 25.7 Å². The smallest absolute Gasteiger partial charge is 0.151 e. The minimum Gasteiger partial charge on any atom is -0.497 e. The number of hydrogen-bond acceptors (Lipinski definition) is 3. The Morgan fingerprint density at radius 2 is 1.93 bits per heavy atom. The van der Waals surface area contributed by atoms with Crippen LogP contribution >= 0.6 is 0 Å². The first-order chi connectivity index (χ1) is 13.2. The highest BCUT2D eigenvalue weighted by atomic mass is 19.1. The molecule has 3 aromatic rings. The largest absolute Gasteiger partial charge is 0.497 e. The van der Waals surface area contributed by atoms with Crippen LogP contribution in [0.1, 0.15) is 29.7 Å². The van der Waals surface area contributed by atoms with Crippen molar-refractivity contribution in [3.63, 3.8) is 0 Å². The van der Waals surface area contributed by atoms with E-state index < -0.39 is 11.6 Å². The molecule has 27 heavy (non-hydrogen) atoms. The Hall–Kier alpha value is -2.89. The van der Waals surface area contributed by atoms with Crippen molar-refractivity contribution in [1.82, 2.24) is 9.78 Å². The average Bonchev–Trinajstić information content (AvgIpc) is 2.84. The first-order valence-corrected chi connectivity index (χ1v) is 9.08. The van der Waals surface area contributed by atoms with E-state index in [1.54, 1.807) is 11.8 Å². The van der Waals surface area contributed by atoms with E-state index in [-0.39, 0.29) is 5.69 Å². The van der Waals surface area contributed by atoms with Gasteiger partial charge in [-0.05, 0) is 49.1 Å². The normalized spacial score (nSPS) is 13.6. The molecule has 140 valence electrons. The van der Waals surface area contributed by atoms with Gasteiger partial charge in [0.1, 0.15) is 23.1 Å². The van der Waals surface area contributed by atoms with Gasteiger partial charge in [-0.1, -0.05) is 12.1 Å². The fraction of sp³-hybridized carbons (Fsp3) is 0.286. The lowest BCUT2D eigenvalue weighted by Gasteiger charge is -2.10. The second-order valence-corrected chi connectivity index (χ2v) is 6.69. The maximum Gasteiger partial charge on any atom is 0.151 e. The van der Waals surface area contributed by atoms with Crippen molar-refractivity contribution >= 4 is 5.82 Å². The Morgan fingerprint density at radius 3 is 2.67 bits per heavy atom. The summed E-state index contributed by atoms with van der Waals surface area (Å²) in [6.07, 6.45) is 3.62. The van der Waals surface area contributed by atoms with Gasteiger partial charge in [0, 0.05) is 24.6 Å². The number of nitrogens with one attached hydrogen (secondary N) is 1. The summed E-state index contributed by atoms with van der Waals surface area (Å²) >= 11 is 0. The molecule has 0 bridgehead atoms. The van der Waals surface area contributed by atoms with Crippen LogP contribution in [0, 0.1) is 11.6 Å². The molecule has 0 saturated heterocycles. The average molecular weight is 369 g/mol. The van der Waals surface area contributed by atoms with Crippen molar-refractivity contribution in [2.24, 2.45) is 0 Å². The van der Waals surface area contributed by atoms with Gasteiger partial charge in [0.15, 0.2) is 5.82 Å². The summed E-state index contributed by atoms with van der Waals surface area (Å²) < 4.78 is 34.5.